The van der Waals surface area contributed by atoms with Crippen LogP contribution in [0.15, 0.2) is 62.1 Å². The van der Waals surface area contributed by atoms with Gasteiger partial charge in [0.1, 0.15) is 0 Å². The standard InChI is InChI=1S/C31H34Br3N5/c1-28(2)16-8-10-18(35-16)29(3,4)20-12-14-22(37-20)31(7,26-24(32)25(33)27(34)39-26)23-15-13-21(38-23)30(5,6)19-11-9-17(28)36-19/h8-15,35-39H,1-7H3. The van der Waals surface area contributed by atoms with Crippen LogP contribution in [0.1, 0.15) is 99.7 Å². The molecule has 5 nitrogen and oxygen atoms in total. The summed E-state index contributed by atoms with van der Waals surface area (Å²) in [5, 5.41) is 0. The highest BCUT2D eigenvalue weighted by atomic mass is 79.9. The molecular formula is C31H34Br3N5. The molecule has 1 aliphatic rings. The molecule has 8 bridgehead atoms. The third-order valence-electron chi connectivity index (χ3n) is 9.20. The second kappa shape index (κ2) is 8.67. The third kappa shape index (κ3) is 3.81. The number of halogens is 3. The van der Waals surface area contributed by atoms with Gasteiger partial charge in [-0.3, -0.25) is 0 Å². The zero-order valence-electron chi connectivity index (χ0n) is 23.3. The van der Waals surface area contributed by atoms with E-state index in [9.17, 15) is 0 Å². The summed E-state index contributed by atoms with van der Waals surface area (Å²) in [5.41, 5.74) is 9.01. The molecule has 6 rings (SSSR count). The maximum absolute atomic E-state index is 3.87. The highest BCUT2D eigenvalue weighted by Gasteiger charge is 2.41. The number of H-pyrrole nitrogens is 5. The van der Waals surface area contributed by atoms with Crippen LogP contribution in [-0.4, -0.2) is 24.9 Å². The summed E-state index contributed by atoms with van der Waals surface area (Å²) in [5.74, 6) is 0. The molecule has 6 heterocycles. The van der Waals surface area contributed by atoms with Crippen LogP contribution in [0.5, 0.6) is 0 Å². The van der Waals surface area contributed by atoms with E-state index < -0.39 is 5.41 Å². The van der Waals surface area contributed by atoms with Crippen molar-refractivity contribution in [1.82, 2.24) is 24.9 Å². The van der Waals surface area contributed by atoms with Crippen molar-refractivity contribution in [2.45, 2.75) is 70.1 Å². The first kappa shape index (κ1) is 27.0. The highest BCUT2D eigenvalue weighted by molar-refractivity contribution is 9.14. The predicted molar refractivity (Wildman–Crippen MR) is 169 cm³/mol. The van der Waals surface area contributed by atoms with E-state index in [1.165, 1.54) is 22.8 Å². The summed E-state index contributed by atoms with van der Waals surface area (Å²) in [6, 6.07) is 17.8. The molecule has 204 valence electrons. The van der Waals surface area contributed by atoms with Crippen LogP contribution in [0.25, 0.3) is 0 Å². The summed E-state index contributed by atoms with van der Waals surface area (Å²) < 4.78 is 2.85. The molecule has 0 aliphatic carbocycles. The van der Waals surface area contributed by atoms with Gasteiger partial charge in [-0.05, 0) is 145 Å². The first-order valence-corrected chi connectivity index (χ1v) is 15.6. The van der Waals surface area contributed by atoms with Gasteiger partial charge in [0.2, 0.25) is 0 Å². The van der Waals surface area contributed by atoms with Gasteiger partial charge in [-0.2, -0.15) is 0 Å². The fourth-order valence-electron chi connectivity index (χ4n) is 5.97. The molecule has 5 N–H and O–H groups in total. The van der Waals surface area contributed by atoms with E-state index >= 15 is 0 Å². The zero-order valence-corrected chi connectivity index (χ0v) is 28.0. The number of rotatable bonds is 1. The van der Waals surface area contributed by atoms with E-state index in [-0.39, 0.29) is 16.2 Å². The number of fused-ring (bicyclic) bond motifs is 8. The average Bonchev–Trinajstić information content (AvgIpc) is 3.71. The molecular weight excluding hydrogens is 682 g/mol. The van der Waals surface area contributed by atoms with Crippen molar-refractivity contribution in [3.05, 3.63) is 113 Å². The van der Waals surface area contributed by atoms with Gasteiger partial charge in [0.25, 0.3) is 0 Å². The maximum atomic E-state index is 3.87. The van der Waals surface area contributed by atoms with Crippen LogP contribution < -0.4 is 0 Å². The lowest BCUT2D eigenvalue weighted by Crippen LogP contribution is -2.29. The molecule has 0 atom stereocenters. The summed E-state index contributed by atoms with van der Waals surface area (Å²) >= 11 is 11.3. The highest BCUT2D eigenvalue weighted by Crippen LogP contribution is 2.47. The fourth-order valence-corrected chi connectivity index (χ4v) is 7.62. The lowest BCUT2D eigenvalue weighted by molar-refractivity contribution is 0.550. The fraction of sp³-hybridized carbons (Fsp3) is 0.355. The molecule has 5 aromatic rings. The van der Waals surface area contributed by atoms with Gasteiger partial charge in [-0.1, -0.05) is 0 Å². The summed E-state index contributed by atoms with van der Waals surface area (Å²) in [4.78, 5) is 18.9. The number of aromatic nitrogens is 5. The van der Waals surface area contributed by atoms with Crippen LogP contribution in [0.3, 0.4) is 0 Å². The van der Waals surface area contributed by atoms with E-state index in [0.29, 0.717) is 0 Å². The monoisotopic (exact) mass is 713 g/mol. The first-order chi connectivity index (χ1) is 18.2. The summed E-state index contributed by atoms with van der Waals surface area (Å²) in [6.07, 6.45) is 0. The summed E-state index contributed by atoms with van der Waals surface area (Å²) in [6.45, 7) is 15.9. The molecule has 5 aromatic heterocycles. The summed E-state index contributed by atoms with van der Waals surface area (Å²) in [7, 11) is 0. The van der Waals surface area contributed by atoms with Crippen LogP contribution in [-0.2, 0) is 21.7 Å². The molecule has 0 radical (unpaired) electrons. The second-order valence-corrected chi connectivity index (χ2v) is 15.0. The molecule has 0 amide bonds. The molecule has 0 saturated heterocycles. The Kier molecular flexibility index (Phi) is 6.01. The van der Waals surface area contributed by atoms with Gasteiger partial charge in [-0.15, -0.1) is 0 Å². The Morgan fingerprint density at radius 3 is 0.974 bits per heavy atom. The minimum absolute atomic E-state index is 0.208. The van der Waals surface area contributed by atoms with Crippen molar-refractivity contribution in [1.29, 1.82) is 0 Å². The minimum atomic E-state index is -0.531. The van der Waals surface area contributed by atoms with Gasteiger partial charge in [0.15, 0.2) is 0 Å². The Balaban J connectivity index is 1.65. The number of nitrogens with one attached hydrogen (secondary N) is 5. The van der Waals surface area contributed by atoms with Crippen LogP contribution in [0, 0.1) is 0 Å². The number of hydrogen-bond acceptors (Lipinski definition) is 0. The first-order valence-electron chi connectivity index (χ1n) is 13.2. The lowest BCUT2D eigenvalue weighted by atomic mass is 9.80. The van der Waals surface area contributed by atoms with E-state index in [4.69, 9.17) is 0 Å². The minimum Gasteiger partial charge on any atom is -0.361 e. The quantitative estimate of drug-likeness (QED) is 0.115. The van der Waals surface area contributed by atoms with E-state index in [0.717, 1.165) is 42.0 Å². The topological polar surface area (TPSA) is 78.9 Å². The van der Waals surface area contributed by atoms with Crippen LogP contribution >= 0.6 is 47.8 Å². The lowest BCUT2D eigenvalue weighted by Gasteiger charge is -2.30. The van der Waals surface area contributed by atoms with Crippen LogP contribution in [0.4, 0.5) is 0 Å². The Morgan fingerprint density at radius 1 is 0.410 bits per heavy atom. The molecule has 0 fully saturated rings. The van der Waals surface area contributed by atoms with Crippen molar-refractivity contribution in [3.63, 3.8) is 0 Å². The number of hydrogen-bond donors (Lipinski definition) is 5. The SMILES string of the molecule is CC1(C)c2ccc([nH]2)C(C)(C)c2ccc([nH]2)C(C)(c2[nH]c(Br)c(Br)c2Br)c2ccc([nH]2)C(C)(C)c2ccc1[nH]2. The van der Waals surface area contributed by atoms with E-state index in [1.807, 2.05) is 0 Å². The van der Waals surface area contributed by atoms with Crippen molar-refractivity contribution >= 4 is 47.8 Å². The second-order valence-electron chi connectivity index (χ2n) is 12.6. The molecule has 8 heteroatoms. The van der Waals surface area contributed by atoms with E-state index in [1.54, 1.807) is 0 Å². The van der Waals surface area contributed by atoms with E-state index in [2.05, 4.69) is 170 Å². The van der Waals surface area contributed by atoms with Crippen molar-refractivity contribution in [2.24, 2.45) is 0 Å². The Labute approximate surface area is 254 Å². The normalized spacial score (nSPS) is 18.8. The molecule has 0 saturated carbocycles. The van der Waals surface area contributed by atoms with Gasteiger partial charge in [0, 0.05) is 67.5 Å². The average molecular weight is 716 g/mol. The van der Waals surface area contributed by atoms with Gasteiger partial charge >= 0.3 is 0 Å². The van der Waals surface area contributed by atoms with Gasteiger partial charge in [0.05, 0.1) is 19.0 Å². The largest absolute Gasteiger partial charge is 0.361 e. The Bertz CT molecular complexity index is 1610. The maximum Gasteiger partial charge on any atom is 0.0978 e. The van der Waals surface area contributed by atoms with Crippen molar-refractivity contribution in [3.8, 4) is 0 Å². The van der Waals surface area contributed by atoms with Gasteiger partial charge < -0.3 is 24.9 Å². The molecule has 39 heavy (non-hydrogen) atoms. The molecule has 0 aromatic carbocycles. The molecule has 1 aliphatic heterocycles. The van der Waals surface area contributed by atoms with Crippen LogP contribution in [0.2, 0.25) is 0 Å². The molecule has 0 unspecified atom stereocenters. The molecule has 0 spiro atoms. The third-order valence-corrected chi connectivity index (χ3v) is 12.4. The zero-order chi connectivity index (χ0) is 28.1. The van der Waals surface area contributed by atoms with Crippen molar-refractivity contribution in [2.75, 3.05) is 0 Å². The number of aromatic amines is 5. The van der Waals surface area contributed by atoms with Crippen molar-refractivity contribution < 1.29 is 0 Å². The van der Waals surface area contributed by atoms with Gasteiger partial charge in [-0.25, -0.2) is 0 Å². The predicted octanol–water partition coefficient (Wildman–Crippen LogP) is 9.26. The smallest absolute Gasteiger partial charge is 0.0978 e. The Morgan fingerprint density at radius 2 is 0.692 bits per heavy atom. The Hall–Kier alpha value is -2.16.